The van der Waals surface area contributed by atoms with Gasteiger partial charge in [0.2, 0.25) is 0 Å². The first kappa shape index (κ1) is 17.3. The van der Waals surface area contributed by atoms with Crippen LogP contribution in [-0.4, -0.2) is 39.4 Å². The highest BCUT2D eigenvalue weighted by molar-refractivity contribution is 5.78. The Hall–Kier alpha value is -3.09. The topological polar surface area (TPSA) is 116 Å². The van der Waals surface area contributed by atoms with Crippen LogP contribution in [0.25, 0.3) is 0 Å². The number of carbonyl (C=O) groups excluding carboxylic acids is 1. The van der Waals surface area contributed by atoms with Crippen molar-refractivity contribution in [3.05, 3.63) is 36.4 Å². The van der Waals surface area contributed by atoms with E-state index in [-0.39, 0.29) is 66.3 Å². The molecule has 0 heterocycles. The van der Waals surface area contributed by atoms with Crippen LogP contribution < -0.4 is 9.47 Å². The summed E-state index contributed by atoms with van der Waals surface area (Å²) >= 11 is 0. The molecule has 0 saturated carbocycles. The minimum Gasteiger partial charge on any atom is -0.508 e. The number of phenols is 4. The molecule has 0 aliphatic carbocycles. The highest BCUT2D eigenvalue weighted by Crippen LogP contribution is 2.26. The molecule has 128 valence electrons. The largest absolute Gasteiger partial charge is 0.508 e. The molecule has 0 saturated heterocycles. The minimum absolute atomic E-state index is 0.0937. The molecule has 2 aromatic carbocycles. The number of ketones is 1. The van der Waals surface area contributed by atoms with Crippen LogP contribution in [0.15, 0.2) is 36.4 Å². The van der Waals surface area contributed by atoms with Crippen LogP contribution in [0.4, 0.5) is 0 Å². The fourth-order valence-corrected chi connectivity index (χ4v) is 1.99. The van der Waals surface area contributed by atoms with E-state index in [0.29, 0.717) is 0 Å². The number of Topliss-reactive ketones (excluding diaryl/α,β-unsaturated/α-hetero) is 1. The Kier molecular flexibility index (Phi) is 5.73. The molecule has 4 N–H and O–H groups in total. The highest BCUT2D eigenvalue weighted by atomic mass is 16.5. The monoisotopic (exact) mass is 334 g/mol. The first-order valence-electron chi connectivity index (χ1n) is 7.26. The molecular formula is C17H18O7. The lowest BCUT2D eigenvalue weighted by Gasteiger charge is -2.08. The third-order valence-corrected chi connectivity index (χ3v) is 3.05. The third-order valence-electron chi connectivity index (χ3n) is 3.05. The van der Waals surface area contributed by atoms with Crippen molar-refractivity contribution in [1.29, 1.82) is 0 Å². The average molecular weight is 334 g/mol. The molecular weight excluding hydrogens is 316 g/mol. The van der Waals surface area contributed by atoms with Crippen molar-refractivity contribution < 1.29 is 34.7 Å². The summed E-state index contributed by atoms with van der Waals surface area (Å²) in [5.41, 5.74) is 0. The molecule has 0 aliphatic rings. The average Bonchev–Trinajstić information content (AvgIpc) is 2.45. The third kappa shape index (κ3) is 5.60. The van der Waals surface area contributed by atoms with Gasteiger partial charge in [0.05, 0.1) is 13.2 Å². The van der Waals surface area contributed by atoms with E-state index in [4.69, 9.17) is 9.47 Å². The lowest BCUT2D eigenvalue weighted by molar-refractivity contribution is -0.120. The first-order valence-corrected chi connectivity index (χ1v) is 7.26. The SMILES string of the molecule is O=C(CCOc1cc(O)cc(O)c1)CCOc1cc(O)cc(O)c1. The summed E-state index contributed by atoms with van der Waals surface area (Å²) < 4.78 is 10.6. The van der Waals surface area contributed by atoms with Crippen molar-refractivity contribution in [2.45, 2.75) is 12.8 Å². The summed E-state index contributed by atoms with van der Waals surface area (Å²) in [6, 6.07) is 7.69. The van der Waals surface area contributed by atoms with Gasteiger partial charge in [0.25, 0.3) is 0 Å². The maximum absolute atomic E-state index is 11.7. The van der Waals surface area contributed by atoms with Gasteiger partial charge in [-0.15, -0.1) is 0 Å². The van der Waals surface area contributed by atoms with Gasteiger partial charge < -0.3 is 29.9 Å². The van der Waals surface area contributed by atoms with Crippen molar-refractivity contribution in [3.8, 4) is 34.5 Å². The zero-order chi connectivity index (χ0) is 17.5. The Morgan fingerprint density at radius 1 is 0.667 bits per heavy atom. The van der Waals surface area contributed by atoms with Gasteiger partial charge in [-0.3, -0.25) is 4.79 Å². The second-order valence-corrected chi connectivity index (χ2v) is 5.11. The van der Waals surface area contributed by atoms with Gasteiger partial charge in [-0.2, -0.15) is 0 Å². The van der Waals surface area contributed by atoms with Crippen molar-refractivity contribution in [2.75, 3.05) is 13.2 Å². The van der Waals surface area contributed by atoms with Gasteiger partial charge in [0.1, 0.15) is 40.3 Å². The van der Waals surface area contributed by atoms with Gasteiger partial charge in [0, 0.05) is 49.2 Å². The Morgan fingerprint density at radius 2 is 1.00 bits per heavy atom. The summed E-state index contributed by atoms with van der Waals surface area (Å²) in [6.45, 7) is 0.212. The molecule has 7 heteroatoms. The van der Waals surface area contributed by atoms with Crippen LogP contribution in [0.5, 0.6) is 34.5 Å². The summed E-state index contributed by atoms with van der Waals surface area (Å²) in [5, 5.41) is 37.2. The van der Waals surface area contributed by atoms with Crippen molar-refractivity contribution in [1.82, 2.24) is 0 Å². The zero-order valence-electron chi connectivity index (χ0n) is 12.8. The lowest BCUT2D eigenvalue weighted by atomic mass is 10.2. The molecule has 0 unspecified atom stereocenters. The molecule has 7 nitrogen and oxygen atoms in total. The van der Waals surface area contributed by atoms with Crippen molar-refractivity contribution in [2.24, 2.45) is 0 Å². The van der Waals surface area contributed by atoms with Crippen LogP contribution in [0.1, 0.15) is 12.8 Å². The van der Waals surface area contributed by atoms with E-state index < -0.39 is 0 Å². The van der Waals surface area contributed by atoms with Gasteiger partial charge in [-0.05, 0) is 0 Å². The Balaban J connectivity index is 1.69. The second kappa shape index (κ2) is 7.96. The fraction of sp³-hybridized carbons (Fsp3) is 0.235. The molecule has 2 aromatic rings. The number of hydrogen-bond donors (Lipinski definition) is 4. The quantitative estimate of drug-likeness (QED) is 0.585. The number of aromatic hydroxyl groups is 4. The Morgan fingerprint density at radius 3 is 1.33 bits per heavy atom. The van der Waals surface area contributed by atoms with Gasteiger partial charge in [0.15, 0.2) is 0 Å². The number of hydrogen-bond acceptors (Lipinski definition) is 7. The Labute approximate surface area is 138 Å². The number of carbonyl (C=O) groups is 1. The van der Waals surface area contributed by atoms with E-state index in [1.54, 1.807) is 0 Å². The molecule has 0 fully saturated rings. The molecule has 2 rings (SSSR count). The van der Waals surface area contributed by atoms with Crippen LogP contribution in [-0.2, 0) is 4.79 Å². The van der Waals surface area contributed by atoms with Crippen LogP contribution in [0.3, 0.4) is 0 Å². The van der Waals surface area contributed by atoms with Crippen LogP contribution in [0.2, 0.25) is 0 Å². The zero-order valence-corrected chi connectivity index (χ0v) is 12.8. The molecule has 0 radical (unpaired) electrons. The van der Waals surface area contributed by atoms with E-state index in [2.05, 4.69) is 0 Å². The minimum atomic E-state index is -0.126. The number of ether oxygens (including phenoxy) is 2. The second-order valence-electron chi connectivity index (χ2n) is 5.11. The van der Waals surface area contributed by atoms with Gasteiger partial charge in [-0.1, -0.05) is 0 Å². The van der Waals surface area contributed by atoms with E-state index in [1.165, 1.54) is 36.4 Å². The Bertz CT molecular complexity index is 612. The van der Waals surface area contributed by atoms with E-state index in [9.17, 15) is 25.2 Å². The number of benzene rings is 2. The van der Waals surface area contributed by atoms with E-state index >= 15 is 0 Å². The molecule has 0 bridgehead atoms. The van der Waals surface area contributed by atoms with Crippen LogP contribution >= 0.6 is 0 Å². The molecule has 24 heavy (non-hydrogen) atoms. The number of rotatable bonds is 8. The predicted octanol–water partition coefficient (Wildman–Crippen LogP) is 2.32. The normalized spacial score (nSPS) is 10.3. The molecule has 0 amide bonds. The maximum atomic E-state index is 11.7. The molecule has 0 spiro atoms. The van der Waals surface area contributed by atoms with Gasteiger partial charge in [-0.25, -0.2) is 0 Å². The predicted molar refractivity (Wildman–Crippen MR) is 84.8 cm³/mol. The summed E-state index contributed by atoms with van der Waals surface area (Å²) in [4.78, 5) is 11.7. The number of phenolic OH excluding ortho intramolecular Hbond substituents is 4. The van der Waals surface area contributed by atoms with Crippen molar-refractivity contribution >= 4 is 5.78 Å². The van der Waals surface area contributed by atoms with E-state index in [1.807, 2.05) is 0 Å². The summed E-state index contributed by atoms with van der Waals surface area (Å²) in [5.74, 6) is -0.0568. The van der Waals surface area contributed by atoms with Gasteiger partial charge >= 0.3 is 0 Å². The summed E-state index contributed by atoms with van der Waals surface area (Å²) in [6.07, 6.45) is 0.288. The summed E-state index contributed by atoms with van der Waals surface area (Å²) in [7, 11) is 0. The fourth-order valence-electron chi connectivity index (χ4n) is 1.99. The molecule has 0 atom stereocenters. The smallest absolute Gasteiger partial charge is 0.139 e. The van der Waals surface area contributed by atoms with E-state index in [0.717, 1.165) is 0 Å². The first-order chi connectivity index (χ1) is 11.4. The van der Waals surface area contributed by atoms with Crippen molar-refractivity contribution in [3.63, 3.8) is 0 Å². The molecule has 0 aliphatic heterocycles. The van der Waals surface area contributed by atoms with Crippen LogP contribution in [0, 0.1) is 0 Å². The molecule has 0 aromatic heterocycles. The lowest BCUT2D eigenvalue weighted by Crippen LogP contribution is -2.10. The maximum Gasteiger partial charge on any atom is 0.139 e. The highest BCUT2D eigenvalue weighted by Gasteiger charge is 2.06. The standard InChI is InChI=1S/C17H18O7/c18-11(1-3-23-16-7-12(19)5-13(20)8-16)2-4-24-17-9-14(21)6-15(22)10-17/h5-10,19-22H,1-4H2.